The van der Waals surface area contributed by atoms with E-state index in [2.05, 4.69) is 48.0 Å². The highest BCUT2D eigenvalue weighted by Crippen LogP contribution is 2.45. The van der Waals surface area contributed by atoms with Gasteiger partial charge in [0, 0.05) is 5.25 Å². The Morgan fingerprint density at radius 2 is 2.20 bits per heavy atom. The molecule has 0 saturated carbocycles. The van der Waals surface area contributed by atoms with Crippen LogP contribution in [0.1, 0.15) is 34.1 Å². The number of nitrogens with zero attached hydrogens (tertiary/aromatic N) is 4. The van der Waals surface area contributed by atoms with Gasteiger partial charge in [-0.3, -0.25) is 4.79 Å². The van der Waals surface area contributed by atoms with Crippen molar-refractivity contribution in [1.82, 2.24) is 20.2 Å². The van der Waals surface area contributed by atoms with Crippen molar-refractivity contribution in [1.29, 1.82) is 0 Å². The molecule has 1 saturated heterocycles. The van der Waals surface area contributed by atoms with Crippen LogP contribution in [0, 0.1) is 0 Å². The molecule has 0 N–H and O–H groups in total. The van der Waals surface area contributed by atoms with Crippen molar-refractivity contribution in [3.05, 3.63) is 0 Å². The van der Waals surface area contributed by atoms with Gasteiger partial charge in [-0.2, -0.15) is 0 Å². The van der Waals surface area contributed by atoms with Crippen LogP contribution in [0.5, 0.6) is 0 Å². The normalized spacial score (nSPS) is 23.8. The van der Waals surface area contributed by atoms with Crippen LogP contribution < -0.4 is 0 Å². The predicted octanol–water partition coefficient (Wildman–Crippen LogP) is 1.28. The van der Waals surface area contributed by atoms with Gasteiger partial charge in [0.2, 0.25) is 5.16 Å². The quantitative estimate of drug-likeness (QED) is 0.775. The van der Waals surface area contributed by atoms with Gasteiger partial charge in [-0.05, 0) is 44.5 Å². The molecule has 0 radical (unpaired) electrons. The summed E-state index contributed by atoms with van der Waals surface area (Å²) in [5, 5.41) is 12.3. The molecule has 112 valence electrons. The topological polar surface area (TPSA) is 79.1 Å². The fourth-order valence-corrected chi connectivity index (χ4v) is 3.77. The van der Waals surface area contributed by atoms with E-state index in [9.17, 15) is 4.79 Å². The molecule has 0 spiro atoms. The Kier molecular flexibility index (Phi) is 4.06. The summed E-state index contributed by atoms with van der Waals surface area (Å²) in [5.41, 5.74) is -0.433. The van der Waals surface area contributed by atoms with Crippen molar-refractivity contribution in [3.63, 3.8) is 0 Å². The minimum atomic E-state index is -0.374. The van der Waals surface area contributed by atoms with Crippen molar-refractivity contribution in [2.45, 2.75) is 62.3 Å². The van der Waals surface area contributed by atoms with Crippen LogP contribution in [0.15, 0.2) is 5.16 Å². The third-order valence-electron chi connectivity index (χ3n) is 3.24. The average Bonchev–Trinajstić information content (AvgIpc) is 2.81. The zero-order chi connectivity index (χ0) is 15.0. The van der Waals surface area contributed by atoms with Gasteiger partial charge in [0.25, 0.3) is 0 Å². The Balaban J connectivity index is 2.11. The second-order valence-electron chi connectivity index (χ2n) is 5.97. The number of carbonyl (C=O) groups excluding carboxylic acids is 1. The van der Waals surface area contributed by atoms with Gasteiger partial charge >= 0.3 is 5.97 Å². The lowest BCUT2D eigenvalue weighted by atomic mass is 10.0. The van der Waals surface area contributed by atoms with Crippen LogP contribution in [0.3, 0.4) is 0 Å². The number of methoxy groups -OCH3 is 1. The van der Waals surface area contributed by atoms with E-state index >= 15 is 0 Å². The molecule has 1 aliphatic rings. The molecular weight excluding hydrogens is 280 g/mol. The van der Waals surface area contributed by atoms with Gasteiger partial charge in [-0.1, -0.05) is 11.8 Å². The Morgan fingerprint density at radius 3 is 2.75 bits per heavy atom. The maximum Gasteiger partial charge on any atom is 0.327 e. The second-order valence-corrected chi connectivity index (χ2v) is 7.14. The van der Waals surface area contributed by atoms with E-state index in [1.54, 1.807) is 11.8 Å². The molecule has 1 aromatic heterocycles. The molecule has 1 aliphatic heterocycles. The SMILES string of the molecule is COC(=O)Cn1nnnc1SC1CC(C)(C)OC1(C)C. The molecule has 1 atom stereocenters. The maximum atomic E-state index is 11.3. The van der Waals surface area contributed by atoms with Crippen LogP contribution in [-0.4, -0.2) is 49.7 Å². The molecule has 0 aliphatic carbocycles. The van der Waals surface area contributed by atoms with E-state index in [0.717, 1.165) is 6.42 Å². The standard InChI is InChI=1S/C12H20N4O3S/c1-11(2)6-8(12(3,4)19-11)20-10-13-14-15-16(10)7-9(17)18-5/h8H,6-7H2,1-5H3. The molecule has 8 heteroatoms. The van der Waals surface area contributed by atoms with Crippen molar-refractivity contribution in [2.24, 2.45) is 0 Å². The minimum Gasteiger partial charge on any atom is -0.468 e. The number of aromatic nitrogens is 4. The van der Waals surface area contributed by atoms with Gasteiger partial charge < -0.3 is 9.47 Å². The third-order valence-corrected chi connectivity index (χ3v) is 4.77. The van der Waals surface area contributed by atoms with Gasteiger partial charge in [0.05, 0.1) is 18.3 Å². The minimum absolute atomic E-state index is 0.0171. The first-order valence-corrected chi connectivity index (χ1v) is 7.31. The van der Waals surface area contributed by atoms with Crippen LogP contribution in [0.2, 0.25) is 0 Å². The van der Waals surface area contributed by atoms with Gasteiger partial charge in [-0.25, -0.2) is 4.68 Å². The number of rotatable bonds is 4. The van der Waals surface area contributed by atoms with Gasteiger partial charge in [0.1, 0.15) is 6.54 Å². The maximum absolute atomic E-state index is 11.3. The van der Waals surface area contributed by atoms with E-state index < -0.39 is 0 Å². The first-order valence-electron chi connectivity index (χ1n) is 6.43. The number of ether oxygens (including phenoxy) is 2. The lowest BCUT2D eigenvalue weighted by molar-refractivity contribution is -0.141. The summed E-state index contributed by atoms with van der Waals surface area (Å²) < 4.78 is 12.1. The highest BCUT2D eigenvalue weighted by atomic mass is 32.2. The Bertz CT molecular complexity index is 501. The fraction of sp³-hybridized carbons (Fsp3) is 0.833. The second kappa shape index (κ2) is 5.33. The lowest BCUT2D eigenvalue weighted by Gasteiger charge is -2.26. The molecule has 2 heterocycles. The molecule has 0 amide bonds. The number of hydrogen-bond acceptors (Lipinski definition) is 7. The zero-order valence-electron chi connectivity index (χ0n) is 12.4. The third kappa shape index (κ3) is 3.29. The smallest absolute Gasteiger partial charge is 0.327 e. The van der Waals surface area contributed by atoms with E-state index in [1.165, 1.54) is 11.8 Å². The Morgan fingerprint density at radius 1 is 1.50 bits per heavy atom. The lowest BCUT2D eigenvalue weighted by Crippen LogP contribution is -2.31. The Hall–Kier alpha value is -1.15. The van der Waals surface area contributed by atoms with Gasteiger partial charge in [-0.15, -0.1) is 5.10 Å². The van der Waals surface area contributed by atoms with Gasteiger partial charge in [0.15, 0.2) is 0 Å². The van der Waals surface area contributed by atoms with Crippen LogP contribution >= 0.6 is 11.8 Å². The fourth-order valence-electron chi connectivity index (χ4n) is 2.39. The molecule has 1 fully saturated rings. The summed E-state index contributed by atoms with van der Waals surface area (Å²) in [7, 11) is 1.34. The predicted molar refractivity (Wildman–Crippen MR) is 73.3 cm³/mol. The molecule has 0 bridgehead atoms. The van der Waals surface area contributed by atoms with E-state index in [0.29, 0.717) is 5.16 Å². The summed E-state index contributed by atoms with van der Waals surface area (Å²) in [6.07, 6.45) is 0.899. The Labute approximate surface area is 122 Å². The molecule has 1 unspecified atom stereocenters. The molecule has 2 rings (SSSR count). The first-order chi connectivity index (χ1) is 9.23. The van der Waals surface area contributed by atoms with Crippen LogP contribution in [0.4, 0.5) is 0 Å². The number of esters is 1. The van der Waals surface area contributed by atoms with Crippen molar-refractivity contribution in [3.8, 4) is 0 Å². The molecule has 7 nitrogen and oxygen atoms in total. The monoisotopic (exact) mass is 300 g/mol. The van der Waals surface area contributed by atoms with E-state index in [1.807, 2.05) is 0 Å². The molecule has 0 aromatic carbocycles. The summed E-state index contributed by atoms with van der Waals surface area (Å²) in [6.45, 7) is 8.30. The molecule has 1 aromatic rings. The zero-order valence-corrected chi connectivity index (χ0v) is 13.2. The van der Waals surface area contributed by atoms with Crippen LogP contribution in [-0.2, 0) is 20.8 Å². The number of tetrazole rings is 1. The number of carbonyl (C=O) groups is 1. The summed E-state index contributed by atoms with van der Waals surface area (Å²) in [4.78, 5) is 11.3. The van der Waals surface area contributed by atoms with Crippen LogP contribution in [0.25, 0.3) is 0 Å². The molecule has 20 heavy (non-hydrogen) atoms. The number of thioether (sulfide) groups is 1. The largest absolute Gasteiger partial charge is 0.468 e. The summed E-state index contributed by atoms with van der Waals surface area (Å²) in [6, 6.07) is 0. The van der Waals surface area contributed by atoms with Crippen molar-refractivity contribution >= 4 is 17.7 Å². The molecular formula is C12H20N4O3S. The summed E-state index contributed by atoms with van der Waals surface area (Å²) in [5.74, 6) is -0.374. The van der Waals surface area contributed by atoms with Crippen molar-refractivity contribution in [2.75, 3.05) is 7.11 Å². The van der Waals surface area contributed by atoms with Crippen molar-refractivity contribution < 1.29 is 14.3 Å². The highest BCUT2D eigenvalue weighted by molar-refractivity contribution is 7.99. The first kappa shape index (κ1) is 15.2. The summed E-state index contributed by atoms with van der Waals surface area (Å²) >= 11 is 1.54. The number of hydrogen-bond donors (Lipinski definition) is 0. The van der Waals surface area contributed by atoms with E-state index in [-0.39, 0.29) is 29.0 Å². The average molecular weight is 300 g/mol. The van der Waals surface area contributed by atoms with E-state index in [4.69, 9.17) is 4.74 Å². The highest BCUT2D eigenvalue weighted by Gasteiger charge is 2.46.